The number of aromatic nitrogens is 2. The van der Waals surface area contributed by atoms with Gasteiger partial charge < -0.3 is 16.0 Å². The molecule has 0 aliphatic carbocycles. The third-order valence-corrected chi connectivity index (χ3v) is 9.32. The smallest absolute Gasteiger partial charge is 0.242 e. The first-order valence-electron chi connectivity index (χ1n) is 12.7. The molecule has 3 aromatic rings. The molecule has 0 bridgehead atoms. The lowest BCUT2D eigenvalue weighted by Crippen LogP contribution is -2.40. The quantitative estimate of drug-likeness (QED) is 0.215. The second-order valence-electron chi connectivity index (χ2n) is 9.58. The lowest BCUT2D eigenvalue weighted by Gasteiger charge is -2.24. The summed E-state index contributed by atoms with van der Waals surface area (Å²) < 4.78 is 0.237. The normalized spacial score (nSPS) is 14.8. The molecular weight excluding hydrogens is 557 g/mol. The van der Waals surface area contributed by atoms with E-state index in [1.807, 2.05) is 78.1 Å². The fraction of sp³-hybridized carbons (Fsp3) is 0.393. The first-order chi connectivity index (χ1) is 18.4. The maximum atomic E-state index is 13.3. The lowest BCUT2D eigenvalue weighted by atomic mass is 10.0. The van der Waals surface area contributed by atoms with Crippen molar-refractivity contribution < 1.29 is 4.79 Å². The number of carbonyl (C=O) groups is 1. The van der Waals surface area contributed by atoms with Crippen LogP contribution in [0.3, 0.4) is 0 Å². The molecule has 1 aliphatic heterocycles. The molecule has 0 saturated carbocycles. The van der Waals surface area contributed by atoms with Gasteiger partial charge in [-0.1, -0.05) is 61.3 Å². The molecule has 1 saturated heterocycles. The fourth-order valence-corrected chi connectivity index (χ4v) is 7.14. The molecule has 6 nitrogen and oxygen atoms in total. The number of thioether (sulfide) groups is 2. The monoisotopic (exact) mass is 589 g/mol. The van der Waals surface area contributed by atoms with Gasteiger partial charge in [-0.25, -0.2) is 4.98 Å². The molecule has 4 rings (SSSR count). The maximum absolute atomic E-state index is 13.3. The SMILES string of the molecule is CC(C)CC(Nc1cc(C2SCCCS2)nc(NCc2cccc(Cl)c2)n1)C(=O)NCc1ccc(Cl)cc1. The van der Waals surface area contributed by atoms with E-state index in [2.05, 4.69) is 29.8 Å². The highest BCUT2D eigenvalue weighted by molar-refractivity contribution is 8.16. The summed E-state index contributed by atoms with van der Waals surface area (Å²) in [7, 11) is 0. The van der Waals surface area contributed by atoms with Crippen LogP contribution in [0.15, 0.2) is 54.6 Å². The predicted molar refractivity (Wildman–Crippen MR) is 163 cm³/mol. The standard InChI is InChI=1S/C28H33Cl2N5OS2/c1-18(2)13-23(26(36)31-16-19-7-9-21(29)10-8-19)33-25-15-24(27-37-11-4-12-38-27)34-28(35-25)32-17-20-5-3-6-22(30)14-20/h3,5-10,14-15,18,23,27H,4,11-13,16-17H2,1-2H3,(H,31,36)(H2,32,33,34,35). The van der Waals surface area contributed by atoms with Crippen molar-refractivity contribution in [2.75, 3.05) is 22.1 Å². The van der Waals surface area contributed by atoms with Gasteiger partial charge in [-0.3, -0.25) is 4.79 Å². The van der Waals surface area contributed by atoms with E-state index in [4.69, 9.17) is 33.2 Å². The Balaban J connectivity index is 1.52. The molecule has 38 heavy (non-hydrogen) atoms. The second-order valence-corrected chi connectivity index (χ2v) is 13.2. The lowest BCUT2D eigenvalue weighted by molar-refractivity contribution is -0.122. The molecule has 1 atom stereocenters. The molecule has 0 spiro atoms. The van der Waals surface area contributed by atoms with E-state index in [9.17, 15) is 4.79 Å². The van der Waals surface area contributed by atoms with Crippen LogP contribution in [0, 0.1) is 5.92 Å². The van der Waals surface area contributed by atoms with Gasteiger partial charge in [-0.2, -0.15) is 4.98 Å². The summed E-state index contributed by atoms with van der Waals surface area (Å²) in [6, 6.07) is 16.8. The first kappa shape index (κ1) is 28.9. The molecule has 1 unspecified atom stereocenters. The average Bonchev–Trinajstić information content (AvgIpc) is 2.91. The second kappa shape index (κ2) is 14.3. The molecule has 2 heterocycles. The molecule has 0 radical (unpaired) electrons. The summed E-state index contributed by atoms with van der Waals surface area (Å²) in [5.41, 5.74) is 2.99. The summed E-state index contributed by atoms with van der Waals surface area (Å²) >= 11 is 16.0. The van der Waals surface area contributed by atoms with Crippen molar-refractivity contribution in [3.05, 3.63) is 81.5 Å². The van der Waals surface area contributed by atoms with Gasteiger partial charge in [0.2, 0.25) is 11.9 Å². The van der Waals surface area contributed by atoms with E-state index < -0.39 is 6.04 Å². The van der Waals surface area contributed by atoms with Crippen molar-refractivity contribution in [3.63, 3.8) is 0 Å². The Bertz CT molecular complexity index is 1210. The van der Waals surface area contributed by atoms with Crippen molar-refractivity contribution in [3.8, 4) is 0 Å². The molecule has 3 N–H and O–H groups in total. The number of hydrogen-bond acceptors (Lipinski definition) is 7. The van der Waals surface area contributed by atoms with Gasteiger partial charge >= 0.3 is 0 Å². The summed E-state index contributed by atoms with van der Waals surface area (Å²) in [6.45, 7) is 5.20. The molecule has 10 heteroatoms. The van der Waals surface area contributed by atoms with Crippen LogP contribution in [-0.4, -0.2) is 33.4 Å². The number of carbonyl (C=O) groups excluding carboxylic acids is 1. The van der Waals surface area contributed by atoms with Crippen LogP contribution in [0.2, 0.25) is 10.0 Å². The van der Waals surface area contributed by atoms with Crippen molar-refractivity contribution in [1.82, 2.24) is 15.3 Å². The maximum Gasteiger partial charge on any atom is 0.242 e. The number of anilines is 2. The minimum Gasteiger partial charge on any atom is -0.358 e. The first-order valence-corrected chi connectivity index (χ1v) is 15.6. The highest BCUT2D eigenvalue weighted by atomic mass is 35.5. The Hall–Kier alpha value is -2.13. The number of nitrogens with zero attached hydrogens (tertiary/aromatic N) is 2. The zero-order valence-corrected chi connectivity index (χ0v) is 24.7. The van der Waals surface area contributed by atoms with E-state index in [1.165, 1.54) is 6.42 Å². The fourth-order valence-electron chi connectivity index (χ4n) is 4.02. The zero-order valence-electron chi connectivity index (χ0n) is 21.5. The topological polar surface area (TPSA) is 78.9 Å². The molecule has 1 aromatic heterocycles. The predicted octanol–water partition coefficient (Wildman–Crippen LogP) is 7.41. The largest absolute Gasteiger partial charge is 0.358 e. The van der Waals surface area contributed by atoms with Crippen molar-refractivity contribution in [1.29, 1.82) is 0 Å². The van der Waals surface area contributed by atoms with E-state index in [1.54, 1.807) is 0 Å². The number of hydrogen-bond donors (Lipinski definition) is 3. The highest BCUT2D eigenvalue weighted by Gasteiger charge is 2.23. The Kier molecular flexibility index (Phi) is 10.9. The van der Waals surface area contributed by atoms with Crippen molar-refractivity contribution in [2.45, 2.75) is 50.4 Å². The van der Waals surface area contributed by atoms with Gasteiger partial charge in [0.1, 0.15) is 11.9 Å². The summed E-state index contributed by atoms with van der Waals surface area (Å²) in [5, 5.41) is 11.2. The van der Waals surface area contributed by atoms with Crippen LogP contribution in [0.4, 0.5) is 11.8 Å². The Morgan fingerprint density at radius 3 is 2.45 bits per heavy atom. The van der Waals surface area contributed by atoms with Gasteiger partial charge in [-0.05, 0) is 65.7 Å². The van der Waals surface area contributed by atoms with Gasteiger partial charge in [0.25, 0.3) is 0 Å². The van der Waals surface area contributed by atoms with Gasteiger partial charge in [0, 0.05) is 29.2 Å². The van der Waals surface area contributed by atoms with Crippen LogP contribution in [0.1, 0.15) is 48.1 Å². The van der Waals surface area contributed by atoms with Gasteiger partial charge in [0.15, 0.2) is 0 Å². The molecular formula is C28H33Cl2N5OS2. The van der Waals surface area contributed by atoms with E-state index in [-0.39, 0.29) is 10.5 Å². The van der Waals surface area contributed by atoms with Crippen molar-refractivity contribution >= 4 is 64.4 Å². The third-order valence-electron chi connectivity index (χ3n) is 5.88. The van der Waals surface area contributed by atoms with E-state index >= 15 is 0 Å². The van der Waals surface area contributed by atoms with Gasteiger partial charge in [-0.15, -0.1) is 23.5 Å². The Morgan fingerprint density at radius 2 is 1.74 bits per heavy atom. The average molecular weight is 591 g/mol. The number of rotatable bonds is 11. The molecule has 1 amide bonds. The summed E-state index contributed by atoms with van der Waals surface area (Å²) in [4.78, 5) is 22.8. The van der Waals surface area contributed by atoms with Crippen LogP contribution in [0.5, 0.6) is 0 Å². The molecule has 2 aromatic carbocycles. The third kappa shape index (κ3) is 8.97. The Labute approximate surface area is 243 Å². The summed E-state index contributed by atoms with van der Waals surface area (Å²) in [6.07, 6.45) is 1.87. The molecule has 1 aliphatic rings. The molecule has 1 fully saturated rings. The molecule has 202 valence electrons. The van der Waals surface area contributed by atoms with Crippen LogP contribution in [0.25, 0.3) is 0 Å². The number of amides is 1. The van der Waals surface area contributed by atoms with Gasteiger partial charge in [0.05, 0.1) is 10.3 Å². The van der Waals surface area contributed by atoms with Crippen molar-refractivity contribution in [2.24, 2.45) is 5.92 Å². The zero-order chi connectivity index (χ0) is 26.9. The van der Waals surface area contributed by atoms with E-state index in [0.29, 0.717) is 47.2 Å². The minimum absolute atomic E-state index is 0.0661. The van der Waals surface area contributed by atoms with Crippen LogP contribution >= 0.6 is 46.7 Å². The van der Waals surface area contributed by atoms with Crippen LogP contribution < -0.4 is 16.0 Å². The number of nitrogens with one attached hydrogen (secondary N) is 3. The number of halogens is 2. The Morgan fingerprint density at radius 1 is 0.974 bits per heavy atom. The summed E-state index contributed by atoms with van der Waals surface area (Å²) in [5.74, 6) is 3.64. The van der Waals surface area contributed by atoms with Crippen LogP contribution in [-0.2, 0) is 17.9 Å². The highest BCUT2D eigenvalue weighted by Crippen LogP contribution is 2.43. The number of benzene rings is 2. The minimum atomic E-state index is -0.433. The van der Waals surface area contributed by atoms with E-state index in [0.717, 1.165) is 28.3 Å².